The van der Waals surface area contributed by atoms with Crippen LogP contribution >= 0.6 is 11.3 Å². The molecule has 3 fully saturated rings. The lowest BCUT2D eigenvalue weighted by Gasteiger charge is -2.47. The topological polar surface area (TPSA) is 42.9 Å². The van der Waals surface area contributed by atoms with Crippen molar-refractivity contribution < 1.29 is 0 Å². The summed E-state index contributed by atoms with van der Waals surface area (Å²) in [5.41, 5.74) is 0. The molecule has 3 aliphatic heterocycles. The highest BCUT2D eigenvalue weighted by atomic mass is 32.1. The Morgan fingerprint density at radius 1 is 1.35 bits per heavy atom. The van der Waals surface area contributed by atoms with E-state index in [9.17, 15) is 0 Å². The van der Waals surface area contributed by atoms with Gasteiger partial charge in [0, 0.05) is 74.6 Å². The molecule has 2 unspecified atom stereocenters. The summed E-state index contributed by atoms with van der Waals surface area (Å²) in [5, 5.41) is 7.04. The zero-order valence-electron chi connectivity index (χ0n) is 14.5. The van der Waals surface area contributed by atoms with E-state index < -0.39 is 0 Å². The van der Waals surface area contributed by atoms with Gasteiger partial charge in [-0.3, -0.25) is 14.8 Å². The molecule has 0 radical (unpaired) electrons. The van der Waals surface area contributed by atoms with Crippen molar-refractivity contribution in [2.24, 2.45) is 4.99 Å². The molecule has 2 atom stereocenters. The number of aliphatic imine (C=N–C) groups is 1. The minimum absolute atomic E-state index is 0.381. The van der Waals surface area contributed by atoms with Crippen molar-refractivity contribution in [2.45, 2.75) is 32.4 Å². The molecule has 5 nitrogen and oxygen atoms in total. The molecule has 128 valence electrons. The quantitative estimate of drug-likeness (QED) is 0.626. The van der Waals surface area contributed by atoms with Gasteiger partial charge in [-0.2, -0.15) is 0 Å². The Balaban J connectivity index is 1.44. The summed E-state index contributed by atoms with van der Waals surface area (Å²) < 4.78 is 0. The largest absolute Gasteiger partial charge is 0.355 e. The minimum atomic E-state index is 0.381. The number of thiophene rings is 1. The van der Waals surface area contributed by atoms with Crippen molar-refractivity contribution in [1.29, 1.82) is 0 Å². The highest BCUT2D eigenvalue weighted by Crippen LogP contribution is 2.17. The monoisotopic (exact) mass is 335 g/mol. The van der Waals surface area contributed by atoms with E-state index in [-0.39, 0.29) is 0 Å². The van der Waals surface area contributed by atoms with E-state index in [0.717, 1.165) is 18.9 Å². The second kappa shape index (κ2) is 7.64. The molecule has 0 saturated carbocycles. The number of rotatable bonds is 5. The van der Waals surface area contributed by atoms with Gasteiger partial charge in [-0.05, 0) is 26.0 Å². The summed E-state index contributed by atoms with van der Waals surface area (Å²) in [4.78, 5) is 12.4. The second-order valence-electron chi connectivity index (χ2n) is 6.71. The van der Waals surface area contributed by atoms with Crippen molar-refractivity contribution in [3.8, 4) is 0 Å². The second-order valence-corrected chi connectivity index (χ2v) is 8.08. The zero-order chi connectivity index (χ0) is 16.2. The molecular formula is C17H29N5S. The Morgan fingerprint density at radius 2 is 2.13 bits per heavy atom. The molecule has 0 amide bonds. The molecule has 3 aliphatic rings. The van der Waals surface area contributed by atoms with Crippen LogP contribution in [0.1, 0.15) is 16.7 Å². The van der Waals surface area contributed by atoms with Crippen molar-refractivity contribution in [1.82, 2.24) is 20.4 Å². The van der Waals surface area contributed by atoms with Gasteiger partial charge in [0.05, 0.1) is 0 Å². The van der Waals surface area contributed by atoms with Crippen LogP contribution in [0.4, 0.5) is 0 Å². The SMILES string of the molecule is CN=C(NCC1CN2CCN1CC2)NC(C)Cc1ccc(C)s1. The molecule has 23 heavy (non-hydrogen) atoms. The predicted molar refractivity (Wildman–Crippen MR) is 98.5 cm³/mol. The maximum atomic E-state index is 4.39. The van der Waals surface area contributed by atoms with Gasteiger partial charge in [-0.1, -0.05) is 0 Å². The van der Waals surface area contributed by atoms with Gasteiger partial charge < -0.3 is 10.6 Å². The van der Waals surface area contributed by atoms with Gasteiger partial charge in [-0.25, -0.2) is 0 Å². The van der Waals surface area contributed by atoms with Crippen LogP contribution in [-0.2, 0) is 6.42 Å². The number of piperazine rings is 3. The van der Waals surface area contributed by atoms with Crippen LogP contribution in [0.15, 0.2) is 17.1 Å². The summed E-state index contributed by atoms with van der Waals surface area (Å²) in [7, 11) is 1.86. The average Bonchev–Trinajstić information content (AvgIpc) is 2.97. The first-order valence-electron chi connectivity index (χ1n) is 8.63. The van der Waals surface area contributed by atoms with Gasteiger partial charge in [0.25, 0.3) is 0 Å². The zero-order valence-corrected chi connectivity index (χ0v) is 15.3. The molecule has 4 heterocycles. The summed E-state index contributed by atoms with van der Waals surface area (Å²) >= 11 is 1.88. The normalized spacial score (nSPS) is 28.7. The van der Waals surface area contributed by atoms with E-state index in [1.54, 1.807) is 0 Å². The van der Waals surface area contributed by atoms with Gasteiger partial charge >= 0.3 is 0 Å². The smallest absolute Gasteiger partial charge is 0.191 e. The number of hydrogen-bond donors (Lipinski definition) is 2. The van der Waals surface area contributed by atoms with Crippen LogP contribution in [-0.4, -0.2) is 74.2 Å². The van der Waals surface area contributed by atoms with Gasteiger partial charge in [-0.15, -0.1) is 11.3 Å². The third kappa shape index (κ3) is 4.46. The van der Waals surface area contributed by atoms with Crippen LogP contribution in [0.3, 0.4) is 0 Å². The Bertz CT molecular complexity index is 533. The highest BCUT2D eigenvalue weighted by Gasteiger charge is 2.31. The summed E-state index contributed by atoms with van der Waals surface area (Å²) in [6.07, 6.45) is 1.04. The molecule has 2 N–H and O–H groups in total. The average molecular weight is 336 g/mol. The highest BCUT2D eigenvalue weighted by molar-refractivity contribution is 7.11. The number of aryl methyl sites for hydroxylation is 1. The van der Waals surface area contributed by atoms with Crippen molar-refractivity contribution in [2.75, 3.05) is 46.3 Å². The number of hydrogen-bond acceptors (Lipinski definition) is 4. The maximum Gasteiger partial charge on any atom is 0.191 e. The lowest BCUT2D eigenvalue weighted by atomic mass is 10.1. The van der Waals surface area contributed by atoms with E-state index in [2.05, 4.69) is 51.4 Å². The number of fused-ring (bicyclic) bond motifs is 3. The van der Waals surface area contributed by atoms with Gasteiger partial charge in [0.15, 0.2) is 5.96 Å². The molecule has 2 bridgehead atoms. The fourth-order valence-corrected chi connectivity index (χ4v) is 4.53. The van der Waals surface area contributed by atoms with E-state index >= 15 is 0 Å². The van der Waals surface area contributed by atoms with Gasteiger partial charge in [0.2, 0.25) is 0 Å². The Morgan fingerprint density at radius 3 is 2.70 bits per heavy atom. The standard InChI is InChI=1S/C17H29N5S/c1-13(10-16-5-4-14(2)23-16)20-17(18-3)19-11-15-12-21-6-8-22(15)9-7-21/h4-5,13,15H,6-12H2,1-3H3,(H2,18,19,20). The molecule has 1 aromatic heterocycles. The maximum absolute atomic E-state index is 4.39. The Labute approximate surface area is 143 Å². The first-order chi connectivity index (χ1) is 11.1. The van der Waals surface area contributed by atoms with Crippen molar-refractivity contribution in [3.63, 3.8) is 0 Å². The third-order valence-electron chi connectivity index (χ3n) is 4.81. The Hall–Kier alpha value is -1.11. The molecule has 4 rings (SSSR count). The molecule has 0 aliphatic carbocycles. The number of guanidine groups is 1. The first kappa shape index (κ1) is 16.7. The lowest BCUT2D eigenvalue weighted by molar-refractivity contribution is 0.0154. The van der Waals surface area contributed by atoms with Crippen molar-refractivity contribution >= 4 is 17.3 Å². The molecule has 6 heteroatoms. The van der Waals surface area contributed by atoms with Crippen LogP contribution in [0.5, 0.6) is 0 Å². The number of nitrogens with one attached hydrogen (secondary N) is 2. The number of nitrogens with zero attached hydrogens (tertiary/aromatic N) is 3. The van der Waals surface area contributed by atoms with E-state index in [1.165, 1.54) is 42.5 Å². The fourth-order valence-electron chi connectivity index (χ4n) is 3.51. The first-order valence-corrected chi connectivity index (χ1v) is 9.44. The fraction of sp³-hybridized carbons (Fsp3) is 0.706. The van der Waals surface area contributed by atoms with E-state index in [0.29, 0.717) is 12.1 Å². The summed E-state index contributed by atoms with van der Waals surface area (Å²) in [5.74, 6) is 0.920. The van der Waals surface area contributed by atoms with E-state index in [4.69, 9.17) is 0 Å². The van der Waals surface area contributed by atoms with Crippen LogP contribution in [0.25, 0.3) is 0 Å². The molecular weight excluding hydrogens is 306 g/mol. The Kier molecular flexibility index (Phi) is 5.56. The molecule has 0 spiro atoms. The lowest BCUT2D eigenvalue weighted by Crippen LogP contribution is -2.64. The predicted octanol–water partition coefficient (Wildman–Crippen LogP) is 1.15. The minimum Gasteiger partial charge on any atom is -0.355 e. The van der Waals surface area contributed by atoms with Gasteiger partial charge in [0.1, 0.15) is 0 Å². The van der Waals surface area contributed by atoms with E-state index in [1.807, 2.05) is 18.4 Å². The van der Waals surface area contributed by atoms with Crippen molar-refractivity contribution in [3.05, 3.63) is 21.9 Å². The summed E-state index contributed by atoms with van der Waals surface area (Å²) in [6, 6.07) is 5.42. The van der Waals surface area contributed by atoms with Crippen LogP contribution < -0.4 is 10.6 Å². The van der Waals surface area contributed by atoms with Crippen LogP contribution in [0.2, 0.25) is 0 Å². The van der Waals surface area contributed by atoms with Crippen LogP contribution in [0, 0.1) is 6.92 Å². The summed E-state index contributed by atoms with van der Waals surface area (Å²) in [6.45, 7) is 11.4. The molecule has 1 aromatic rings. The molecule has 0 aromatic carbocycles. The molecule has 3 saturated heterocycles. The third-order valence-corrected chi connectivity index (χ3v) is 5.83.